The molecule has 1 atom stereocenters. The molecule has 1 aliphatic heterocycles. The van der Waals surface area contributed by atoms with E-state index in [2.05, 4.69) is 20.6 Å². The second-order valence-electron chi connectivity index (χ2n) is 11.2. The summed E-state index contributed by atoms with van der Waals surface area (Å²) in [6.07, 6.45) is 0.563. The molecule has 0 bridgehead atoms. The Labute approximate surface area is 244 Å². The number of alkyl carbamates (subject to hydrolysis) is 1. The Bertz CT molecular complexity index is 1530. The van der Waals surface area contributed by atoms with Gasteiger partial charge in [-0.3, -0.25) is 19.8 Å². The standard InChI is InChI=1S/C31H35FN6O4/c1-30(2,3)42-29(41)36-31(4)28(40)38(26-22(14-11-17-33-26)27(39)34-18-19-37(5)6)24-16-10-8-13-21(24)25(35-31)20-12-7-9-15-23(20)32/h7-17H,18-19H2,1-6H3,(H,34,39)(H,36,41). The number of ether oxygens (including phenoxy) is 1. The number of benzene rings is 2. The van der Waals surface area contributed by atoms with Crippen LogP contribution in [0.1, 0.15) is 49.2 Å². The van der Waals surface area contributed by atoms with Crippen LogP contribution in [0, 0.1) is 5.82 Å². The second kappa shape index (κ2) is 12.1. The molecule has 4 rings (SSSR count). The molecule has 0 fully saturated rings. The van der Waals surface area contributed by atoms with Gasteiger partial charge in [0, 0.05) is 30.4 Å². The highest BCUT2D eigenvalue weighted by Gasteiger charge is 2.45. The van der Waals surface area contributed by atoms with Crippen molar-refractivity contribution in [2.24, 2.45) is 4.99 Å². The summed E-state index contributed by atoms with van der Waals surface area (Å²) >= 11 is 0. The first-order chi connectivity index (χ1) is 19.8. The molecule has 2 heterocycles. The van der Waals surface area contributed by atoms with E-state index in [1.807, 2.05) is 19.0 Å². The number of aliphatic imine (C=N–C) groups is 1. The van der Waals surface area contributed by atoms with Gasteiger partial charge in [-0.2, -0.15) is 0 Å². The van der Waals surface area contributed by atoms with Gasteiger partial charge in [0.15, 0.2) is 5.82 Å². The van der Waals surface area contributed by atoms with Crippen molar-refractivity contribution in [1.82, 2.24) is 20.5 Å². The summed E-state index contributed by atoms with van der Waals surface area (Å²) in [4.78, 5) is 53.2. The van der Waals surface area contributed by atoms with Crippen LogP contribution in [0.4, 0.5) is 20.7 Å². The first-order valence-electron chi connectivity index (χ1n) is 13.5. The monoisotopic (exact) mass is 574 g/mol. The third kappa shape index (κ3) is 6.63. The molecule has 1 aromatic heterocycles. The van der Waals surface area contributed by atoms with Crippen molar-refractivity contribution in [3.8, 4) is 0 Å². The Hall–Kier alpha value is -4.64. The minimum atomic E-state index is -1.99. The number of nitrogens with one attached hydrogen (secondary N) is 2. The van der Waals surface area contributed by atoms with Crippen LogP contribution in [0.3, 0.4) is 0 Å². The molecule has 2 N–H and O–H groups in total. The van der Waals surface area contributed by atoms with Crippen molar-refractivity contribution in [2.75, 3.05) is 32.1 Å². The molecule has 3 aromatic rings. The van der Waals surface area contributed by atoms with Gasteiger partial charge in [-0.05, 0) is 72.1 Å². The maximum atomic E-state index is 15.2. The number of para-hydroxylation sites is 1. The quantitative estimate of drug-likeness (QED) is 0.436. The minimum Gasteiger partial charge on any atom is -0.444 e. The number of fused-ring (bicyclic) bond motifs is 1. The first-order valence-corrected chi connectivity index (χ1v) is 13.5. The second-order valence-corrected chi connectivity index (χ2v) is 11.2. The van der Waals surface area contributed by atoms with Crippen LogP contribution in [-0.4, -0.2) is 72.0 Å². The number of anilines is 2. The Morgan fingerprint density at radius 3 is 2.36 bits per heavy atom. The lowest BCUT2D eigenvalue weighted by molar-refractivity contribution is -0.123. The van der Waals surface area contributed by atoms with Crippen LogP contribution in [0.2, 0.25) is 0 Å². The molecule has 0 saturated heterocycles. The number of hydrogen-bond acceptors (Lipinski definition) is 7. The van der Waals surface area contributed by atoms with Crippen molar-refractivity contribution < 1.29 is 23.5 Å². The molecule has 11 heteroatoms. The van der Waals surface area contributed by atoms with Crippen LogP contribution < -0.4 is 15.5 Å². The maximum Gasteiger partial charge on any atom is 0.409 e. The van der Waals surface area contributed by atoms with Crippen molar-refractivity contribution in [1.29, 1.82) is 0 Å². The first kappa shape index (κ1) is 30.3. The zero-order valence-electron chi connectivity index (χ0n) is 24.6. The number of aromatic nitrogens is 1. The predicted octanol–water partition coefficient (Wildman–Crippen LogP) is 4.27. The number of pyridine rings is 1. The molecule has 42 heavy (non-hydrogen) atoms. The third-order valence-corrected chi connectivity index (χ3v) is 6.32. The summed E-state index contributed by atoms with van der Waals surface area (Å²) in [6, 6.07) is 16.0. The van der Waals surface area contributed by atoms with Crippen molar-refractivity contribution in [3.05, 3.63) is 89.4 Å². The van der Waals surface area contributed by atoms with Crippen molar-refractivity contribution in [2.45, 2.75) is 39.0 Å². The zero-order chi connectivity index (χ0) is 30.7. The molecule has 10 nitrogen and oxygen atoms in total. The van der Waals surface area contributed by atoms with E-state index in [-0.39, 0.29) is 22.7 Å². The maximum absolute atomic E-state index is 15.2. The lowest BCUT2D eigenvalue weighted by atomic mass is 9.99. The fourth-order valence-corrected chi connectivity index (χ4v) is 4.42. The van der Waals surface area contributed by atoms with E-state index in [9.17, 15) is 14.4 Å². The molecular weight excluding hydrogens is 539 g/mol. The lowest BCUT2D eigenvalue weighted by Gasteiger charge is -2.32. The highest BCUT2D eigenvalue weighted by atomic mass is 19.1. The number of amides is 3. The van der Waals surface area contributed by atoms with Crippen LogP contribution in [0.15, 0.2) is 71.9 Å². The van der Waals surface area contributed by atoms with E-state index >= 15 is 4.39 Å². The fraction of sp³-hybridized carbons (Fsp3) is 0.323. The zero-order valence-corrected chi connectivity index (χ0v) is 24.6. The van der Waals surface area contributed by atoms with Gasteiger partial charge in [0.1, 0.15) is 11.4 Å². The number of carbonyl (C=O) groups excluding carboxylic acids is 3. The molecule has 220 valence electrons. The molecule has 0 radical (unpaired) electrons. The average Bonchev–Trinajstić information content (AvgIpc) is 3.00. The molecule has 2 aromatic carbocycles. The van der Waals surface area contributed by atoms with E-state index in [0.29, 0.717) is 24.3 Å². The smallest absolute Gasteiger partial charge is 0.409 e. The SMILES string of the molecule is CN(C)CCNC(=O)c1cccnc1N1C(=O)C(C)(NC(=O)OC(C)(C)C)N=C(c2ccccc2F)c2ccccc21. The van der Waals surface area contributed by atoms with Gasteiger partial charge in [0.2, 0.25) is 5.66 Å². The largest absolute Gasteiger partial charge is 0.444 e. The van der Waals surface area contributed by atoms with E-state index in [0.717, 1.165) is 0 Å². The summed E-state index contributed by atoms with van der Waals surface area (Å²) in [5.41, 5.74) is -1.77. The summed E-state index contributed by atoms with van der Waals surface area (Å²) in [6.45, 7) is 7.44. The minimum absolute atomic E-state index is 0.0273. The number of hydrogen-bond donors (Lipinski definition) is 2. The summed E-state index contributed by atoms with van der Waals surface area (Å²) in [5.74, 6) is -1.70. The number of likely N-dealkylation sites (N-methyl/N-ethyl adjacent to an activating group) is 1. The van der Waals surface area contributed by atoms with Crippen LogP contribution in [-0.2, 0) is 9.53 Å². The number of rotatable bonds is 7. The van der Waals surface area contributed by atoms with E-state index < -0.39 is 35.0 Å². The lowest BCUT2D eigenvalue weighted by Crippen LogP contribution is -2.56. The predicted molar refractivity (Wildman–Crippen MR) is 159 cm³/mol. The number of halogens is 1. The molecule has 0 aliphatic carbocycles. The highest BCUT2D eigenvalue weighted by molar-refractivity contribution is 6.23. The Balaban J connectivity index is 1.93. The van der Waals surface area contributed by atoms with Gasteiger partial charge < -0.3 is 15.0 Å². The summed E-state index contributed by atoms with van der Waals surface area (Å²) in [7, 11) is 3.78. The van der Waals surface area contributed by atoms with Crippen LogP contribution in [0.25, 0.3) is 0 Å². The van der Waals surface area contributed by atoms with Gasteiger partial charge in [-0.1, -0.05) is 30.3 Å². The Morgan fingerprint density at radius 2 is 1.69 bits per heavy atom. The molecule has 1 unspecified atom stereocenters. The van der Waals surface area contributed by atoms with E-state index in [1.165, 1.54) is 24.1 Å². The number of benzodiazepines with no additional fused rings is 1. The third-order valence-electron chi connectivity index (χ3n) is 6.32. The molecular formula is C31H35FN6O4. The molecule has 3 amide bonds. The normalized spacial score (nSPS) is 16.8. The average molecular weight is 575 g/mol. The topological polar surface area (TPSA) is 116 Å². The van der Waals surface area contributed by atoms with Crippen LogP contribution in [0.5, 0.6) is 0 Å². The summed E-state index contributed by atoms with van der Waals surface area (Å²) < 4.78 is 20.7. The van der Waals surface area contributed by atoms with Gasteiger partial charge in [0.25, 0.3) is 11.8 Å². The fourth-order valence-electron chi connectivity index (χ4n) is 4.42. The van der Waals surface area contributed by atoms with Crippen LogP contribution >= 0.6 is 0 Å². The number of nitrogens with zero attached hydrogens (tertiary/aromatic N) is 4. The molecule has 1 aliphatic rings. The van der Waals surface area contributed by atoms with E-state index in [1.54, 1.807) is 75.4 Å². The summed E-state index contributed by atoms with van der Waals surface area (Å²) in [5, 5.41) is 5.45. The van der Waals surface area contributed by atoms with Gasteiger partial charge in [0.05, 0.1) is 17.0 Å². The van der Waals surface area contributed by atoms with Crippen molar-refractivity contribution in [3.63, 3.8) is 0 Å². The Kier molecular flexibility index (Phi) is 8.72. The van der Waals surface area contributed by atoms with Crippen molar-refractivity contribution >= 4 is 35.1 Å². The van der Waals surface area contributed by atoms with Gasteiger partial charge in [-0.15, -0.1) is 0 Å². The molecule has 0 saturated carbocycles. The van der Waals surface area contributed by atoms with Gasteiger partial charge in [-0.25, -0.2) is 19.2 Å². The molecule has 0 spiro atoms. The number of carbonyl (C=O) groups is 3. The Morgan fingerprint density at radius 1 is 1.02 bits per heavy atom. The van der Waals surface area contributed by atoms with Gasteiger partial charge >= 0.3 is 6.09 Å². The van der Waals surface area contributed by atoms with E-state index in [4.69, 9.17) is 4.74 Å². The highest BCUT2D eigenvalue weighted by Crippen LogP contribution is 2.37.